The first-order valence-corrected chi connectivity index (χ1v) is 8.40. The number of hydrogen-bond acceptors (Lipinski definition) is 5. The molecule has 0 aliphatic rings. The van der Waals surface area contributed by atoms with Gasteiger partial charge >= 0.3 is 5.97 Å². The summed E-state index contributed by atoms with van der Waals surface area (Å²) >= 11 is 7.29. The smallest absolute Gasteiger partial charge is 0.341 e. The molecule has 1 N–H and O–H groups in total. The van der Waals surface area contributed by atoms with Gasteiger partial charge in [0, 0.05) is 11.1 Å². The fourth-order valence-electron chi connectivity index (χ4n) is 2.24. The van der Waals surface area contributed by atoms with Crippen LogP contribution in [0.2, 0.25) is 5.15 Å². The van der Waals surface area contributed by atoms with Gasteiger partial charge in [-0.25, -0.2) is 9.78 Å². The van der Waals surface area contributed by atoms with Gasteiger partial charge in [-0.15, -0.1) is 11.3 Å². The monoisotopic (exact) mass is 352 g/mol. The Labute approximate surface area is 143 Å². The van der Waals surface area contributed by atoms with E-state index in [9.17, 15) is 9.59 Å². The average molecular weight is 353 g/mol. The van der Waals surface area contributed by atoms with Crippen molar-refractivity contribution in [1.29, 1.82) is 0 Å². The fourth-order valence-corrected chi connectivity index (χ4v) is 3.57. The van der Waals surface area contributed by atoms with E-state index in [-0.39, 0.29) is 17.3 Å². The van der Waals surface area contributed by atoms with Crippen LogP contribution in [0.3, 0.4) is 0 Å². The Kier molecular flexibility index (Phi) is 5.74. The summed E-state index contributed by atoms with van der Waals surface area (Å²) in [4.78, 5) is 29.5. The first-order valence-electron chi connectivity index (χ1n) is 7.20. The van der Waals surface area contributed by atoms with E-state index >= 15 is 0 Å². The Hall–Kier alpha value is -1.92. The van der Waals surface area contributed by atoms with Crippen molar-refractivity contribution in [2.75, 3.05) is 11.9 Å². The number of pyridine rings is 1. The summed E-state index contributed by atoms with van der Waals surface area (Å²) in [5.41, 5.74) is 1.57. The number of hydrogen-bond donors (Lipinski definition) is 1. The van der Waals surface area contributed by atoms with Crippen LogP contribution in [0, 0.1) is 6.92 Å². The molecule has 0 fully saturated rings. The number of carbonyl (C=O) groups excluding carboxylic acids is 2. The summed E-state index contributed by atoms with van der Waals surface area (Å²) < 4.78 is 5.11. The standard InChI is InChI=1S/C16H17ClN2O3S/c1-4-10-9(3)23-15(12(10)16(21)22-5-2)19-14(20)11-7-6-8-18-13(11)17/h6-8H,4-5H2,1-3H3,(H,19,20). The molecule has 2 rings (SSSR count). The zero-order valence-electron chi connectivity index (χ0n) is 13.1. The van der Waals surface area contributed by atoms with Crippen molar-refractivity contribution in [2.45, 2.75) is 27.2 Å². The average Bonchev–Trinajstić information content (AvgIpc) is 2.83. The molecule has 122 valence electrons. The number of anilines is 1. The van der Waals surface area contributed by atoms with E-state index in [1.165, 1.54) is 17.5 Å². The SMILES string of the molecule is CCOC(=O)c1c(NC(=O)c2cccnc2Cl)sc(C)c1CC. The van der Waals surface area contributed by atoms with E-state index < -0.39 is 11.9 Å². The normalized spacial score (nSPS) is 10.4. The molecule has 0 aliphatic carbocycles. The molecule has 0 unspecified atom stereocenters. The molecule has 0 aliphatic heterocycles. The minimum Gasteiger partial charge on any atom is -0.462 e. The summed E-state index contributed by atoms with van der Waals surface area (Å²) in [6.07, 6.45) is 2.19. The van der Waals surface area contributed by atoms with Gasteiger partial charge in [0.25, 0.3) is 5.91 Å². The van der Waals surface area contributed by atoms with Crippen LogP contribution in [0.25, 0.3) is 0 Å². The molecule has 2 heterocycles. The largest absolute Gasteiger partial charge is 0.462 e. The molecular formula is C16H17ClN2O3S. The van der Waals surface area contributed by atoms with Crippen molar-refractivity contribution in [1.82, 2.24) is 4.98 Å². The van der Waals surface area contributed by atoms with Crippen LogP contribution in [0.1, 0.15) is 45.0 Å². The van der Waals surface area contributed by atoms with Crippen LogP contribution < -0.4 is 5.32 Å². The number of nitrogens with one attached hydrogen (secondary N) is 1. The first-order chi connectivity index (χ1) is 11.0. The van der Waals surface area contributed by atoms with Crippen LogP contribution in [0.4, 0.5) is 5.00 Å². The number of aryl methyl sites for hydroxylation is 1. The van der Waals surface area contributed by atoms with Gasteiger partial charge in [0.1, 0.15) is 10.2 Å². The number of esters is 1. The Bertz CT molecular complexity index is 743. The highest BCUT2D eigenvalue weighted by atomic mass is 35.5. The van der Waals surface area contributed by atoms with Crippen LogP contribution in [0.15, 0.2) is 18.3 Å². The topological polar surface area (TPSA) is 68.3 Å². The van der Waals surface area contributed by atoms with Crippen molar-refractivity contribution in [3.05, 3.63) is 45.1 Å². The number of aromatic nitrogens is 1. The molecule has 5 nitrogen and oxygen atoms in total. The molecule has 7 heteroatoms. The predicted octanol–water partition coefficient (Wildman–Crippen LogP) is 4.10. The third-order valence-electron chi connectivity index (χ3n) is 3.27. The van der Waals surface area contributed by atoms with Crippen LogP contribution in [-0.4, -0.2) is 23.5 Å². The number of halogens is 1. The quantitative estimate of drug-likeness (QED) is 0.649. The van der Waals surface area contributed by atoms with E-state index in [0.29, 0.717) is 17.0 Å². The van der Waals surface area contributed by atoms with E-state index in [2.05, 4.69) is 10.3 Å². The second-order valence-corrected chi connectivity index (χ2v) is 6.29. The molecule has 23 heavy (non-hydrogen) atoms. The fraction of sp³-hybridized carbons (Fsp3) is 0.312. The molecule has 0 atom stereocenters. The second-order valence-electron chi connectivity index (χ2n) is 4.71. The number of ether oxygens (including phenoxy) is 1. The van der Waals surface area contributed by atoms with Gasteiger partial charge < -0.3 is 10.1 Å². The summed E-state index contributed by atoms with van der Waals surface area (Å²) in [6, 6.07) is 3.21. The minimum atomic E-state index is -0.429. The highest BCUT2D eigenvalue weighted by Crippen LogP contribution is 2.34. The van der Waals surface area contributed by atoms with Crippen molar-refractivity contribution >= 4 is 39.8 Å². The third kappa shape index (κ3) is 3.71. The maximum Gasteiger partial charge on any atom is 0.341 e. The van der Waals surface area contributed by atoms with E-state index in [1.54, 1.807) is 19.1 Å². The Morgan fingerprint density at radius 1 is 1.39 bits per heavy atom. The zero-order valence-corrected chi connectivity index (χ0v) is 14.7. The molecule has 0 saturated heterocycles. The molecule has 2 aromatic rings. The second kappa shape index (κ2) is 7.57. The van der Waals surface area contributed by atoms with Gasteiger partial charge in [0.05, 0.1) is 17.7 Å². The Balaban J connectivity index is 2.38. The van der Waals surface area contributed by atoms with Gasteiger partial charge in [0.2, 0.25) is 0 Å². The summed E-state index contributed by atoms with van der Waals surface area (Å²) in [6.45, 7) is 5.90. The lowest BCUT2D eigenvalue weighted by atomic mass is 10.1. The first kappa shape index (κ1) is 17.4. The Morgan fingerprint density at radius 2 is 2.13 bits per heavy atom. The minimum absolute atomic E-state index is 0.117. The van der Waals surface area contributed by atoms with Gasteiger partial charge in [0.15, 0.2) is 0 Å². The van der Waals surface area contributed by atoms with Gasteiger partial charge in [-0.1, -0.05) is 18.5 Å². The zero-order chi connectivity index (χ0) is 17.0. The van der Waals surface area contributed by atoms with Crippen LogP contribution >= 0.6 is 22.9 Å². The van der Waals surface area contributed by atoms with E-state index in [0.717, 1.165) is 10.4 Å². The number of nitrogens with zero attached hydrogens (tertiary/aromatic N) is 1. The van der Waals surface area contributed by atoms with Crippen LogP contribution in [-0.2, 0) is 11.2 Å². The number of amides is 1. The predicted molar refractivity (Wildman–Crippen MR) is 91.6 cm³/mol. The van der Waals surface area contributed by atoms with E-state index in [4.69, 9.17) is 16.3 Å². The van der Waals surface area contributed by atoms with Gasteiger partial charge in [-0.05, 0) is 38.0 Å². The number of thiophene rings is 1. The summed E-state index contributed by atoms with van der Waals surface area (Å²) in [5, 5.41) is 3.35. The van der Waals surface area contributed by atoms with Crippen molar-refractivity contribution in [3.8, 4) is 0 Å². The van der Waals surface area contributed by atoms with Gasteiger partial charge in [-0.2, -0.15) is 0 Å². The highest BCUT2D eigenvalue weighted by molar-refractivity contribution is 7.16. The molecule has 0 saturated carbocycles. The summed E-state index contributed by atoms with van der Waals surface area (Å²) in [7, 11) is 0. The molecule has 0 aromatic carbocycles. The lowest BCUT2D eigenvalue weighted by Crippen LogP contribution is -2.15. The molecule has 2 aromatic heterocycles. The third-order valence-corrected chi connectivity index (χ3v) is 4.64. The highest BCUT2D eigenvalue weighted by Gasteiger charge is 2.24. The summed E-state index contributed by atoms with van der Waals surface area (Å²) in [5.74, 6) is -0.834. The lowest BCUT2D eigenvalue weighted by molar-refractivity contribution is 0.0527. The van der Waals surface area contributed by atoms with Crippen molar-refractivity contribution < 1.29 is 14.3 Å². The number of rotatable bonds is 5. The van der Waals surface area contributed by atoms with Gasteiger partial charge in [-0.3, -0.25) is 4.79 Å². The maximum atomic E-state index is 12.4. The molecule has 0 spiro atoms. The Morgan fingerprint density at radius 3 is 2.74 bits per heavy atom. The molecular weight excluding hydrogens is 336 g/mol. The van der Waals surface area contributed by atoms with Crippen molar-refractivity contribution in [2.24, 2.45) is 0 Å². The number of carbonyl (C=O) groups is 2. The van der Waals surface area contributed by atoms with Crippen molar-refractivity contribution in [3.63, 3.8) is 0 Å². The van der Waals surface area contributed by atoms with E-state index in [1.807, 2.05) is 13.8 Å². The molecule has 0 radical (unpaired) electrons. The molecule has 0 bridgehead atoms. The lowest BCUT2D eigenvalue weighted by Gasteiger charge is -2.08. The maximum absolute atomic E-state index is 12.4. The molecule has 1 amide bonds. The van der Waals surface area contributed by atoms with Crippen LogP contribution in [0.5, 0.6) is 0 Å².